The largest absolute Gasteiger partial charge is 0.481 e. The number of hydrogen-bond acceptors (Lipinski definition) is 3. The van der Waals surface area contributed by atoms with Crippen molar-refractivity contribution in [2.45, 2.75) is 39.5 Å². The molecule has 0 amide bonds. The Labute approximate surface area is 91.9 Å². The number of thiol groups is 1. The Morgan fingerprint density at radius 3 is 2.14 bits per heavy atom. The lowest BCUT2D eigenvalue weighted by Gasteiger charge is -2.06. The molecular formula is C10H22O3S. The van der Waals surface area contributed by atoms with E-state index in [2.05, 4.69) is 19.6 Å². The van der Waals surface area contributed by atoms with Gasteiger partial charge in [0.05, 0.1) is 12.5 Å². The van der Waals surface area contributed by atoms with Crippen LogP contribution in [0.1, 0.15) is 39.5 Å². The molecule has 0 aliphatic heterocycles. The number of hydrogen-bond donors (Lipinski definition) is 3. The van der Waals surface area contributed by atoms with Crippen molar-refractivity contribution in [3.05, 3.63) is 0 Å². The first-order valence-corrected chi connectivity index (χ1v) is 5.71. The van der Waals surface area contributed by atoms with Gasteiger partial charge in [-0.25, -0.2) is 0 Å². The van der Waals surface area contributed by atoms with Crippen molar-refractivity contribution in [1.29, 1.82) is 0 Å². The van der Waals surface area contributed by atoms with E-state index in [0.29, 0.717) is 5.75 Å². The number of aliphatic carboxylic acids is 1. The van der Waals surface area contributed by atoms with E-state index in [4.69, 9.17) is 10.2 Å². The van der Waals surface area contributed by atoms with E-state index in [1.54, 1.807) is 0 Å². The zero-order chi connectivity index (χ0) is 11.4. The lowest BCUT2D eigenvalue weighted by Crippen LogP contribution is -2.11. The number of carboxylic acid groups (broad SMARTS) is 1. The number of rotatable bonds is 6. The highest BCUT2D eigenvalue weighted by atomic mass is 32.1. The van der Waals surface area contributed by atoms with E-state index in [0.717, 1.165) is 25.7 Å². The Balaban J connectivity index is 0. The van der Waals surface area contributed by atoms with Crippen LogP contribution in [0.3, 0.4) is 0 Å². The Bertz CT molecular complexity index is 127. The third kappa shape index (κ3) is 11.8. The average Bonchev–Trinajstić information content (AvgIpc) is 2.19. The van der Waals surface area contributed by atoms with E-state index in [1.165, 1.54) is 0 Å². The van der Waals surface area contributed by atoms with Crippen molar-refractivity contribution in [2.75, 3.05) is 12.4 Å². The molecule has 14 heavy (non-hydrogen) atoms. The van der Waals surface area contributed by atoms with Crippen LogP contribution in [-0.4, -0.2) is 28.5 Å². The summed E-state index contributed by atoms with van der Waals surface area (Å²) in [5.74, 6) is -0.184. The molecule has 0 rings (SSSR count). The van der Waals surface area contributed by atoms with Gasteiger partial charge in [0.25, 0.3) is 0 Å². The topological polar surface area (TPSA) is 57.5 Å². The molecule has 0 radical (unpaired) electrons. The maximum absolute atomic E-state index is 10.4. The molecule has 0 saturated carbocycles. The van der Waals surface area contributed by atoms with Crippen molar-refractivity contribution in [1.82, 2.24) is 0 Å². The highest BCUT2D eigenvalue weighted by Gasteiger charge is 2.12. The van der Waals surface area contributed by atoms with Crippen LogP contribution in [0.5, 0.6) is 0 Å². The lowest BCUT2D eigenvalue weighted by atomic mass is 10.00. The van der Waals surface area contributed by atoms with Gasteiger partial charge in [-0.05, 0) is 12.8 Å². The summed E-state index contributed by atoms with van der Waals surface area (Å²) in [6.45, 7) is 4.19. The lowest BCUT2D eigenvalue weighted by molar-refractivity contribution is -0.142. The summed E-state index contributed by atoms with van der Waals surface area (Å²) < 4.78 is 0. The second-order valence-corrected chi connectivity index (χ2v) is 3.48. The first-order valence-electron chi connectivity index (χ1n) is 5.08. The molecule has 0 spiro atoms. The molecule has 0 aromatic carbocycles. The molecule has 1 unspecified atom stereocenters. The van der Waals surface area contributed by atoms with Gasteiger partial charge < -0.3 is 10.2 Å². The maximum Gasteiger partial charge on any atom is 0.306 e. The summed E-state index contributed by atoms with van der Waals surface area (Å²) in [6, 6.07) is 0. The van der Waals surface area contributed by atoms with Gasteiger partial charge in [0.1, 0.15) is 0 Å². The van der Waals surface area contributed by atoms with E-state index in [-0.39, 0.29) is 12.5 Å². The summed E-state index contributed by atoms with van der Waals surface area (Å²) in [5, 5.41) is 16.4. The van der Waals surface area contributed by atoms with Crippen LogP contribution in [0.4, 0.5) is 0 Å². The van der Waals surface area contributed by atoms with Crippen LogP contribution in [0, 0.1) is 5.92 Å². The molecule has 4 heteroatoms. The number of aliphatic hydroxyl groups excluding tert-OH is 1. The fraction of sp³-hybridized carbons (Fsp3) is 0.900. The van der Waals surface area contributed by atoms with Crippen molar-refractivity contribution < 1.29 is 15.0 Å². The number of aliphatic hydroxyl groups is 1. The van der Waals surface area contributed by atoms with Gasteiger partial charge >= 0.3 is 5.97 Å². The molecular weight excluding hydrogens is 200 g/mol. The summed E-state index contributed by atoms with van der Waals surface area (Å²) >= 11 is 3.67. The van der Waals surface area contributed by atoms with Crippen molar-refractivity contribution in [3.8, 4) is 0 Å². The number of carbonyl (C=O) groups is 1. The molecule has 0 aliphatic rings. The predicted molar refractivity (Wildman–Crippen MR) is 61.9 cm³/mol. The second kappa shape index (κ2) is 12.8. The zero-order valence-electron chi connectivity index (χ0n) is 9.07. The van der Waals surface area contributed by atoms with Gasteiger partial charge in [0, 0.05) is 5.75 Å². The third-order valence-corrected chi connectivity index (χ3v) is 2.05. The molecule has 0 aliphatic carbocycles. The molecule has 0 aromatic rings. The number of carboxylic acids is 1. The first-order chi connectivity index (χ1) is 6.63. The first kappa shape index (κ1) is 16.2. The standard InChI is InChI=1S/C8H16O2.C2H6OS/c1-3-5-6-7(4-2)8(9)10;3-1-2-4/h7H,3-6H2,1-2H3,(H,9,10);3-4H,1-2H2. The minimum Gasteiger partial charge on any atom is -0.481 e. The minimum absolute atomic E-state index is 0.111. The van der Waals surface area contributed by atoms with Crippen LogP contribution in [0.25, 0.3) is 0 Å². The highest BCUT2D eigenvalue weighted by Crippen LogP contribution is 2.11. The van der Waals surface area contributed by atoms with Crippen LogP contribution in [0.15, 0.2) is 0 Å². The smallest absolute Gasteiger partial charge is 0.306 e. The van der Waals surface area contributed by atoms with Crippen molar-refractivity contribution in [2.24, 2.45) is 5.92 Å². The molecule has 86 valence electrons. The molecule has 2 N–H and O–H groups in total. The van der Waals surface area contributed by atoms with Crippen LogP contribution in [0.2, 0.25) is 0 Å². The van der Waals surface area contributed by atoms with Gasteiger partial charge in [0.2, 0.25) is 0 Å². The highest BCUT2D eigenvalue weighted by molar-refractivity contribution is 7.80. The molecule has 0 saturated heterocycles. The Hall–Kier alpha value is -0.220. The van der Waals surface area contributed by atoms with Gasteiger partial charge in [-0.15, -0.1) is 0 Å². The summed E-state index contributed by atoms with van der Waals surface area (Å²) in [6.07, 6.45) is 3.71. The second-order valence-electron chi connectivity index (χ2n) is 3.03. The van der Waals surface area contributed by atoms with E-state index in [1.807, 2.05) is 6.92 Å². The quantitative estimate of drug-likeness (QED) is 0.604. The van der Waals surface area contributed by atoms with Crippen molar-refractivity contribution in [3.63, 3.8) is 0 Å². The number of unbranched alkanes of at least 4 members (excludes halogenated alkanes) is 1. The van der Waals surface area contributed by atoms with Crippen LogP contribution in [-0.2, 0) is 4.79 Å². The zero-order valence-corrected chi connectivity index (χ0v) is 9.96. The van der Waals surface area contributed by atoms with Gasteiger partial charge in [-0.3, -0.25) is 4.79 Å². The van der Waals surface area contributed by atoms with E-state index in [9.17, 15) is 4.79 Å². The molecule has 0 fully saturated rings. The molecule has 1 atom stereocenters. The van der Waals surface area contributed by atoms with Crippen LogP contribution < -0.4 is 0 Å². The Kier molecular flexibility index (Phi) is 14.8. The summed E-state index contributed by atoms with van der Waals surface area (Å²) in [5.41, 5.74) is 0. The van der Waals surface area contributed by atoms with Crippen molar-refractivity contribution >= 4 is 18.6 Å². The minimum atomic E-state index is -0.643. The van der Waals surface area contributed by atoms with Gasteiger partial charge in [-0.1, -0.05) is 26.7 Å². The molecule has 0 bridgehead atoms. The Morgan fingerprint density at radius 2 is 1.93 bits per heavy atom. The average molecular weight is 222 g/mol. The third-order valence-electron chi connectivity index (χ3n) is 1.85. The fourth-order valence-corrected chi connectivity index (χ4v) is 0.953. The molecule has 3 nitrogen and oxygen atoms in total. The Morgan fingerprint density at radius 1 is 1.43 bits per heavy atom. The predicted octanol–water partition coefficient (Wildman–Crippen LogP) is 2.20. The molecule has 0 heterocycles. The fourth-order valence-electron chi connectivity index (χ4n) is 0.953. The normalized spacial score (nSPS) is 11.4. The summed E-state index contributed by atoms with van der Waals surface area (Å²) in [4.78, 5) is 10.4. The van der Waals surface area contributed by atoms with Crippen LogP contribution >= 0.6 is 12.6 Å². The van der Waals surface area contributed by atoms with Gasteiger partial charge in [0.15, 0.2) is 0 Å². The van der Waals surface area contributed by atoms with E-state index < -0.39 is 5.97 Å². The maximum atomic E-state index is 10.4. The summed E-state index contributed by atoms with van der Waals surface area (Å²) in [7, 11) is 0. The SMILES string of the molecule is CCCCC(CC)C(=O)O.OCCS. The molecule has 0 aromatic heterocycles. The monoisotopic (exact) mass is 222 g/mol. The van der Waals surface area contributed by atoms with Gasteiger partial charge in [-0.2, -0.15) is 12.6 Å². The van der Waals surface area contributed by atoms with E-state index >= 15 is 0 Å².